The first-order valence-corrected chi connectivity index (χ1v) is 5.37. The molecule has 0 fully saturated rings. The van der Waals surface area contributed by atoms with Crippen molar-refractivity contribution in [3.63, 3.8) is 0 Å². The summed E-state index contributed by atoms with van der Waals surface area (Å²) in [4.78, 5) is 4.24. The Morgan fingerprint density at radius 2 is 2.33 bits per heavy atom. The average molecular weight is 202 g/mol. The summed E-state index contributed by atoms with van der Waals surface area (Å²) in [6, 6.07) is 4.27. The molecular formula is C13H18N2. The van der Waals surface area contributed by atoms with Crippen molar-refractivity contribution in [2.45, 2.75) is 39.3 Å². The lowest BCUT2D eigenvalue weighted by molar-refractivity contribution is 0.562. The summed E-state index contributed by atoms with van der Waals surface area (Å²) in [5.41, 5.74) is 2.22. The van der Waals surface area contributed by atoms with Gasteiger partial charge in [-0.3, -0.25) is 10.3 Å². The maximum absolute atomic E-state index is 5.42. The fraction of sp³-hybridized carbons (Fsp3) is 0.462. The summed E-state index contributed by atoms with van der Waals surface area (Å²) in [6.07, 6.45) is 9.44. The van der Waals surface area contributed by atoms with Gasteiger partial charge in [0.15, 0.2) is 0 Å². The molecule has 0 amide bonds. The maximum Gasteiger partial charge on any atom is 0.0689 e. The molecule has 1 unspecified atom stereocenters. The van der Waals surface area contributed by atoms with Crippen LogP contribution in [0.5, 0.6) is 0 Å². The molecule has 0 bridgehead atoms. The first kappa shape index (κ1) is 11.7. The molecule has 1 rings (SSSR count). The lowest BCUT2D eigenvalue weighted by Crippen LogP contribution is -2.26. The van der Waals surface area contributed by atoms with Crippen LogP contribution in [0.15, 0.2) is 18.3 Å². The molecule has 1 atom stereocenters. The Balaban J connectivity index is 2.42. The number of hydrogen-bond acceptors (Lipinski definition) is 2. The highest BCUT2D eigenvalue weighted by Crippen LogP contribution is 2.01. The Kier molecular flexibility index (Phi) is 4.86. The topological polar surface area (TPSA) is 24.9 Å². The fourth-order valence-corrected chi connectivity index (χ4v) is 1.38. The second kappa shape index (κ2) is 6.21. The molecule has 0 radical (unpaired) electrons. The number of rotatable bonds is 5. The molecule has 0 spiro atoms. The third-order valence-electron chi connectivity index (χ3n) is 2.30. The Morgan fingerprint density at radius 3 is 2.87 bits per heavy atom. The standard InChI is InChI=1S/C13H18N2/c1-4-6-13(5-2)15-10-12-8-7-11(3)14-9-12/h2,7-9,13,15H,4,6,10H2,1,3H3. The van der Waals surface area contributed by atoms with Gasteiger partial charge in [0.2, 0.25) is 0 Å². The Hall–Kier alpha value is -1.33. The van der Waals surface area contributed by atoms with Gasteiger partial charge in [-0.05, 0) is 25.0 Å². The first-order valence-electron chi connectivity index (χ1n) is 5.37. The van der Waals surface area contributed by atoms with Gasteiger partial charge in [-0.1, -0.05) is 25.3 Å². The van der Waals surface area contributed by atoms with E-state index in [0.717, 1.165) is 25.1 Å². The number of nitrogens with zero attached hydrogens (tertiary/aromatic N) is 1. The largest absolute Gasteiger partial charge is 0.300 e. The van der Waals surface area contributed by atoms with E-state index in [1.165, 1.54) is 5.56 Å². The van der Waals surface area contributed by atoms with Gasteiger partial charge < -0.3 is 0 Å². The van der Waals surface area contributed by atoms with Crippen molar-refractivity contribution in [1.29, 1.82) is 0 Å². The molecule has 0 saturated carbocycles. The molecule has 0 aliphatic carbocycles. The molecule has 1 aromatic rings. The molecule has 0 aromatic carbocycles. The SMILES string of the molecule is C#CC(CCC)NCc1ccc(C)nc1. The zero-order valence-electron chi connectivity index (χ0n) is 9.46. The van der Waals surface area contributed by atoms with Crippen LogP contribution in [0, 0.1) is 19.3 Å². The lowest BCUT2D eigenvalue weighted by atomic mass is 10.1. The smallest absolute Gasteiger partial charge is 0.0689 e. The zero-order valence-corrected chi connectivity index (χ0v) is 9.46. The molecular weight excluding hydrogens is 184 g/mol. The van der Waals surface area contributed by atoms with Crippen LogP contribution in [-0.4, -0.2) is 11.0 Å². The van der Waals surface area contributed by atoms with Crippen LogP contribution in [0.4, 0.5) is 0 Å². The number of hydrogen-bond donors (Lipinski definition) is 1. The van der Waals surface area contributed by atoms with Gasteiger partial charge in [0.05, 0.1) is 6.04 Å². The van der Waals surface area contributed by atoms with Gasteiger partial charge in [-0.2, -0.15) is 0 Å². The number of nitrogens with one attached hydrogen (secondary N) is 1. The first-order chi connectivity index (χ1) is 7.26. The fourth-order valence-electron chi connectivity index (χ4n) is 1.38. The van der Waals surface area contributed by atoms with E-state index in [2.05, 4.69) is 29.2 Å². The number of pyridine rings is 1. The van der Waals surface area contributed by atoms with E-state index in [0.29, 0.717) is 0 Å². The van der Waals surface area contributed by atoms with Gasteiger partial charge in [0.1, 0.15) is 0 Å². The molecule has 0 aliphatic heterocycles. The quantitative estimate of drug-likeness (QED) is 0.741. The monoisotopic (exact) mass is 202 g/mol. The second-order valence-corrected chi connectivity index (χ2v) is 3.70. The van der Waals surface area contributed by atoms with Gasteiger partial charge in [-0.25, -0.2) is 0 Å². The van der Waals surface area contributed by atoms with Gasteiger partial charge in [0, 0.05) is 18.4 Å². The second-order valence-electron chi connectivity index (χ2n) is 3.70. The van der Waals surface area contributed by atoms with Gasteiger partial charge in [0.25, 0.3) is 0 Å². The van der Waals surface area contributed by atoms with Crippen molar-refractivity contribution in [2.75, 3.05) is 0 Å². The molecule has 2 heteroatoms. The number of terminal acetylenes is 1. The third-order valence-corrected chi connectivity index (χ3v) is 2.30. The molecule has 0 aliphatic rings. The van der Waals surface area contributed by atoms with Gasteiger partial charge in [-0.15, -0.1) is 6.42 Å². The van der Waals surface area contributed by atoms with E-state index in [-0.39, 0.29) is 6.04 Å². The highest BCUT2D eigenvalue weighted by molar-refractivity contribution is 5.13. The Bertz CT molecular complexity index is 321. The average Bonchev–Trinajstić information content (AvgIpc) is 2.26. The molecule has 15 heavy (non-hydrogen) atoms. The normalized spacial score (nSPS) is 12.1. The maximum atomic E-state index is 5.42. The number of aryl methyl sites for hydroxylation is 1. The van der Waals surface area contributed by atoms with Crippen LogP contribution in [-0.2, 0) is 6.54 Å². The molecule has 0 saturated heterocycles. The summed E-state index contributed by atoms with van der Waals surface area (Å²) in [6.45, 7) is 4.92. The Labute approximate surface area is 92.1 Å². The third kappa shape index (κ3) is 4.14. The van der Waals surface area contributed by atoms with Crippen LogP contribution in [0.3, 0.4) is 0 Å². The predicted octanol–water partition coefficient (Wildman–Crippen LogP) is 2.28. The zero-order chi connectivity index (χ0) is 11.1. The molecule has 2 nitrogen and oxygen atoms in total. The van der Waals surface area contributed by atoms with Crippen LogP contribution < -0.4 is 5.32 Å². The summed E-state index contributed by atoms with van der Waals surface area (Å²) < 4.78 is 0. The molecule has 1 heterocycles. The highest BCUT2D eigenvalue weighted by Gasteiger charge is 2.02. The summed E-state index contributed by atoms with van der Waals surface area (Å²) >= 11 is 0. The summed E-state index contributed by atoms with van der Waals surface area (Å²) in [5, 5.41) is 3.33. The van der Waals surface area contributed by atoms with Crippen molar-refractivity contribution < 1.29 is 0 Å². The summed E-state index contributed by atoms with van der Waals surface area (Å²) in [5.74, 6) is 2.75. The van der Waals surface area contributed by atoms with Crippen molar-refractivity contribution in [2.24, 2.45) is 0 Å². The van der Waals surface area contributed by atoms with Gasteiger partial charge >= 0.3 is 0 Å². The van der Waals surface area contributed by atoms with Crippen LogP contribution in [0.1, 0.15) is 31.0 Å². The summed E-state index contributed by atoms with van der Waals surface area (Å²) in [7, 11) is 0. The minimum absolute atomic E-state index is 0.177. The molecule has 80 valence electrons. The molecule has 1 N–H and O–H groups in total. The van der Waals surface area contributed by atoms with Crippen molar-refractivity contribution >= 4 is 0 Å². The van der Waals surface area contributed by atoms with E-state index in [1.54, 1.807) is 0 Å². The minimum Gasteiger partial charge on any atom is -0.300 e. The van der Waals surface area contributed by atoms with Crippen molar-refractivity contribution in [3.8, 4) is 12.3 Å². The minimum atomic E-state index is 0.177. The van der Waals surface area contributed by atoms with E-state index < -0.39 is 0 Å². The Morgan fingerprint density at radius 1 is 1.53 bits per heavy atom. The van der Waals surface area contributed by atoms with Crippen molar-refractivity contribution in [3.05, 3.63) is 29.6 Å². The van der Waals surface area contributed by atoms with E-state index >= 15 is 0 Å². The van der Waals surface area contributed by atoms with Crippen LogP contribution in [0.2, 0.25) is 0 Å². The van der Waals surface area contributed by atoms with Crippen LogP contribution in [0.25, 0.3) is 0 Å². The van der Waals surface area contributed by atoms with E-state index in [1.807, 2.05) is 19.2 Å². The van der Waals surface area contributed by atoms with Crippen LogP contribution >= 0.6 is 0 Å². The van der Waals surface area contributed by atoms with Crippen molar-refractivity contribution in [1.82, 2.24) is 10.3 Å². The van der Waals surface area contributed by atoms with E-state index in [4.69, 9.17) is 6.42 Å². The molecule has 1 aromatic heterocycles. The highest BCUT2D eigenvalue weighted by atomic mass is 14.9. The predicted molar refractivity (Wildman–Crippen MR) is 63.3 cm³/mol. The lowest BCUT2D eigenvalue weighted by Gasteiger charge is -2.11. The number of aromatic nitrogens is 1. The van der Waals surface area contributed by atoms with E-state index in [9.17, 15) is 0 Å².